The normalized spacial score (nSPS) is 22.3. The Morgan fingerprint density at radius 3 is 2.79 bits per heavy atom. The SMILES string of the molecule is O[C@H]1CC[C@H](Nc2nccc(-n3ncc4c(OCC5CC5)cccc43)n2)CC1. The second kappa shape index (κ2) is 7.39. The first-order valence-electron chi connectivity index (χ1n) is 10.1. The average molecular weight is 379 g/mol. The van der Waals surface area contributed by atoms with Gasteiger partial charge in [-0.3, -0.25) is 0 Å². The van der Waals surface area contributed by atoms with E-state index in [1.54, 1.807) is 6.20 Å². The first kappa shape index (κ1) is 17.4. The van der Waals surface area contributed by atoms with Crippen molar-refractivity contribution in [2.24, 2.45) is 5.92 Å². The third-order valence-electron chi connectivity index (χ3n) is 5.63. The van der Waals surface area contributed by atoms with Crippen molar-refractivity contribution in [3.63, 3.8) is 0 Å². The maximum absolute atomic E-state index is 9.68. The van der Waals surface area contributed by atoms with Gasteiger partial charge in [0.15, 0.2) is 5.82 Å². The van der Waals surface area contributed by atoms with Crippen molar-refractivity contribution in [2.75, 3.05) is 11.9 Å². The highest BCUT2D eigenvalue weighted by Gasteiger charge is 2.23. The van der Waals surface area contributed by atoms with Gasteiger partial charge in [-0.1, -0.05) is 6.07 Å². The van der Waals surface area contributed by atoms with Gasteiger partial charge in [-0.15, -0.1) is 0 Å². The molecule has 2 aromatic heterocycles. The standard InChI is InChI=1S/C21H25N5O2/c27-16-8-6-15(7-9-16)24-21-22-11-10-20(25-21)26-18-2-1-3-19(17(18)12-23-26)28-13-14-4-5-14/h1-3,10-12,14-16,27H,4-9,13H2,(H,22,24,25)/t15-,16-. The number of anilines is 1. The van der Waals surface area contributed by atoms with Gasteiger partial charge in [0.1, 0.15) is 5.75 Å². The topological polar surface area (TPSA) is 85.1 Å². The van der Waals surface area contributed by atoms with E-state index in [4.69, 9.17) is 4.74 Å². The largest absolute Gasteiger partial charge is 0.493 e. The fraction of sp³-hybridized carbons (Fsp3) is 0.476. The first-order valence-corrected chi connectivity index (χ1v) is 10.1. The van der Waals surface area contributed by atoms with E-state index in [1.165, 1.54) is 12.8 Å². The van der Waals surface area contributed by atoms with Gasteiger partial charge < -0.3 is 15.2 Å². The Morgan fingerprint density at radius 1 is 1.11 bits per heavy atom. The second-order valence-corrected chi connectivity index (χ2v) is 7.89. The number of benzene rings is 1. The molecule has 2 aliphatic carbocycles. The summed E-state index contributed by atoms with van der Waals surface area (Å²) in [6, 6.07) is 8.19. The van der Waals surface area contributed by atoms with Crippen molar-refractivity contribution in [3.05, 3.63) is 36.7 Å². The molecule has 3 aromatic rings. The number of hydrogen-bond acceptors (Lipinski definition) is 6. The van der Waals surface area contributed by atoms with E-state index in [0.717, 1.165) is 54.8 Å². The third-order valence-corrected chi connectivity index (χ3v) is 5.63. The van der Waals surface area contributed by atoms with Gasteiger partial charge in [0.2, 0.25) is 5.95 Å². The Bertz CT molecular complexity index is 960. The molecule has 28 heavy (non-hydrogen) atoms. The molecule has 1 aromatic carbocycles. The zero-order valence-electron chi connectivity index (χ0n) is 15.8. The van der Waals surface area contributed by atoms with Gasteiger partial charge >= 0.3 is 0 Å². The van der Waals surface area contributed by atoms with Crippen LogP contribution in [0.1, 0.15) is 38.5 Å². The van der Waals surface area contributed by atoms with Crippen LogP contribution in [0.5, 0.6) is 5.75 Å². The molecule has 2 saturated carbocycles. The summed E-state index contributed by atoms with van der Waals surface area (Å²) in [6.07, 6.45) is 9.48. The summed E-state index contributed by atoms with van der Waals surface area (Å²) in [4.78, 5) is 9.03. The number of hydrogen-bond donors (Lipinski definition) is 2. The molecule has 7 nitrogen and oxygen atoms in total. The summed E-state index contributed by atoms with van der Waals surface area (Å²) in [6.45, 7) is 0.780. The highest BCUT2D eigenvalue weighted by molar-refractivity contribution is 5.86. The minimum Gasteiger partial charge on any atom is -0.493 e. The van der Waals surface area contributed by atoms with E-state index >= 15 is 0 Å². The molecule has 0 spiro atoms. The van der Waals surface area contributed by atoms with E-state index < -0.39 is 0 Å². The Kier molecular flexibility index (Phi) is 4.60. The number of rotatable bonds is 6. The van der Waals surface area contributed by atoms with Crippen LogP contribution in [0.15, 0.2) is 36.7 Å². The van der Waals surface area contributed by atoms with Crippen molar-refractivity contribution in [1.82, 2.24) is 19.7 Å². The highest BCUT2D eigenvalue weighted by atomic mass is 16.5. The Morgan fingerprint density at radius 2 is 1.96 bits per heavy atom. The summed E-state index contributed by atoms with van der Waals surface area (Å²) in [5.41, 5.74) is 0.971. The lowest BCUT2D eigenvalue weighted by Crippen LogP contribution is -2.29. The Labute approximate surface area is 163 Å². The van der Waals surface area contributed by atoms with E-state index in [9.17, 15) is 5.11 Å². The summed E-state index contributed by atoms with van der Waals surface area (Å²) in [7, 11) is 0. The number of aliphatic hydroxyl groups is 1. The molecule has 146 valence electrons. The summed E-state index contributed by atoms with van der Waals surface area (Å²) in [5.74, 6) is 2.91. The summed E-state index contributed by atoms with van der Waals surface area (Å²) < 4.78 is 7.84. The third kappa shape index (κ3) is 3.67. The van der Waals surface area contributed by atoms with Crippen molar-refractivity contribution < 1.29 is 9.84 Å². The molecule has 0 saturated heterocycles. The molecule has 0 amide bonds. The van der Waals surface area contributed by atoms with Crippen molar-refractivity contribution in [1.29, 1.82) is 0 Å². The first-order chi connectivity index (χ1) is 13.8. The lowest BCUT2D eigenvalue weighted by atomic mass is 9.93. The van der Waals surface area contributed by atoms with Crippen LogP contribution in [0.4, 0.5) is 5.95 Å². The van der Waals surface area contributed by atoms with E-state index in [0.29, 0.717) is 17.9 Å². The van der Waals surface area contributed by atoms with Crippen LogP contribution in [-0.2, 0) is 0 Å². The minimum atomic E-state index is -0.169. The predicted molar refractivity (Wildman–Crippen MR) is 107 cm³/mol. The van der Waals surface area contributed by atoms with Crippen molar-refractivity contribution in [3.8, 4) is 11.6 Å². The Balaban J connectivity index is 1.38. The smallest absolute Gasteiger partial charge is 0.224 e. The molecule has 0 bridgehead atoms. The van der Waals surface area contributed by atoms with Gasteiger partial charge in [0.25, 0.3) is 0 Å². The summed E-state index contributed by atoms with van der Waals surface area (Å²) in [5, 5.41) is 18.6. The summed E-state index contributed by atoms with van der Waals surface area (Å²) >= 11 is 0. The van der Waals surface area contributed by atoms with Gasteiger partial charge in [-0.2, -0.15) is 10.1 Å². The number of fused-ring (bicyclic) bond motifs is 1. The molecule has 0 unspecified atom stereocenters. The van der Waals surface area contributed by atoms with Gasteiger partial charge in [-0.25, -0.2) is 9.67 Å². The lowest BCUT2D eigenvalue weighted by molar-refractivity contribution is 0.126. The number of nitrogens with one attached hydrogen (secondary N) is 1. The number of ether oxygens (including phenoxy) is 1. The molecular weight excluding hydrogens is 354 g/mol. The molecule has 0 radical (unpaired) electrons. The van der Waals surface area contributed by atoms with E-state index in [2.05, 4.69) is 20.4 Å². The maximum Gasteiger partial charge on any atom is 0.224 e. The van der Waals surface area contributed by atoms with E-state index in [-0.39, 0.29) is 6.10 Å². The molecular formula is C21H25N5O2. The molecule has 2 N–H and O–H groups in total. The van der Waals surface area contributed by atoms with E-state index in [1.807, 2.05) is 35.1 Å². The molecule has 0 aliphatic heterocycles. The fourth-order valence-electron chi connectivity index (χ4n) is 3.76. The zero-order chi connectivity index (χ0) is 18.9. The molecule has 2 fully saturated rings. The fourth-order valence-corrected chi connectivity index (χ4v) is 3.76. The minimum absolute atomic E-state index is 0.169. The zero-order valence-corrected chi connectivity index (χ0v) is 15.8. The van der Waals surface area contributed by atoms with Gasteiger partial charge in [-0.05, 0) is 56.6 Å². The highest BCUT2D eigenvalue weighted by Crippen LogP contribution is 2.32. The monoisotopic (exact) mass is 379 g/mol. The van der Waals surface area contributed by atoms with Crippen LogP contribution in [0, 0.1) is 5.92 Å². The molecule has 7 heteroatoms. The Hall–Kier alpha value is -2.67. The number of nitrogens with zero attached hydrogens (tertiary/aromatic N) is 4. The van der Waals surface area contributed by atoms with Crippen LogP contribution >= 0.6 is 0 Å². The van der Waals surface area contributed by atoms with Crippen LogP contribution < -0.4 is 10.1 Å². The maximum atomic E-state index is 9.68. The quantitative estimate of drug-likeness (QED) is 0.683. The van der Waals surface area contributed by atoms with Crippen LogP contribution in [-0.4, -0.2) is 43.6 Å². The van der Waals surface area contributed by atoms with Crippen molar-refractivity contribution in [2.45, 2.75) is 50.7 Å². The van der Waals surface area contributed by atoms with Gasteiger partial charge in [0, 0.05) is 18.3 Å². The van der Waals surface area contributed by atoms with Crippen LogP contribution in [0.25, 0.3) is 16.7 Å². The molecule has 2 heterocycles. The van der Waals surface area contributed by atoms with Gasteiger partial charge in [0.05, 0.1) is 29.8 Å². The number of aromatic nitrogens is 4. The molecule has 2 aliphatic rings. The second-order valence-electron chi connectivity index (χ2n) is 7.89. The van der Waals surface area contributed by atoms with Crippen molar-refractivity contribution >= 4 is 16.9 Å². The number of aliphatic hydroxyl groups excluding tert-OH is 1. The van der Waals surface area contributed by atoms with Crippen LogP contribution in [0.3, 0.4) is 0 Å². The predicted octanol–water partition coefficient (Wildman–Crippen LogP) is 3.32. The molecule has 5 rings (SSSR count). The molecule has 0 atom stereocenters. The average Bonchev–Trinajstić information content (AvgIpc) is 3.45. The van der Waals surface area contributed by atoms with Crippen LogP contribution in [0.2, 0.25) is 0 Å². The lowest BCUT2D eigenvalue weighted by Gasteiger charge is -2.26.